The highest BCUT2D eigenvalue weighted by Crippen LogP contribution is 2.29. The molecule has 0 bridgehead atoms. The van der Waals surface area contributed by atoms with E-state index in [2.05, 4.69) is 30.2 Å². The first-order valence-electron chi connectivity index (χ1n) is 7.23. The molecule has 0 radical (unpaired) electrons. The second kappa shape index (κ2) is 7.09. The van der Waals surface area contributed by atoms with Gasteiger partial charge in [-0.05, 0) is 43.1 Å². The second-order valence-corrected chi connectivity index (χ2v) is 5.05. The summed E-state index contributed by atoms with van der Waals surface area (Å²) >= 11 is 0. The lowest BCUT2D eigenvalue weighted by Crippen LogP contribution is -2.25. The van der Waals surface area contributed by atoms with E-state index in [1.54, 1.807) is 13.3 Å². The monoisotopic (exact) mass is 285 g/mol. The Morgan fingerprint density at radius 1 is 1.29 bits per heavy atom. The summed E-state index contributed by atoms with van der Waals surface area (Å²) in [4.78, 5) is 4.23. The molecule has 1 atom stereocenters. The number of aryl methyl sites for hydroxylation is 1. The topological polar surface area (TPSA) is 60.2 Å². The Labute approximate surface area is 126 Å². The number of nitrogen functional groups attached to an aromatic ring is 1. The number of rotatable bonds is 6. The van der Waals surface area contributed by atoms with Gasteiger partial charge in [-0.15, -0.1) is 0 Å². The lowest BCUT2D eigenvalue weighted by molar-refractivity contribution is 0.405. The molecular weight excluding hydrogens is 262 g/mol. The van der Waals surface area contributed by atoms with Gasteiger partial charge in [0.2, 0.25) is 0 Å². The van der Waals surface area contributed by atoms with Crippen molar-refractivity contribution in [3.63, 3.8) is 0 Å². The zero-order valence-electron chi connectivity index (χ0n) is 12.9. The van der Waals surface area contributed by atoms with E-state index in [0.717, 1.165) is 35.4 Å². The molecule has 0 spiro atoms. The molecular formula is C17H23N3O. The van der Waals surface area contributed by atoms with Gasteiger partial charge in [0, 0.05) is 17.8 Å². The molecule has 4 heteroatoms. The van der Waals surface area contributed by atoms with Crippen molar-refractivity contribution in [3.8, 4) is 5.75 Å². The molecule has 21 heavy (non-hydrogen) atoms. The fourth-order valence-corrected chi connectivity index (χ4v) is 2.66. The molecule has 0 aliphatic rings. The Kier molecular flexibility index (Phi) is 5.17. The summed E-state index contributed by atoms with van der Waals surface area (Å²) in [6.07, 6.45) is 2.56. The number of pyridine rings is 1. The van der Waals surface area contributed by atoms with E-state index in [-0.39, 0.29) is 6.04 Å². The van der Waals surface area contributed by atoms with Gasteiger partial charge in [-0.3, -0.25) is 0 Å². The van der Waals surface area contributed by atoms with Crippen LogP contribution in [0.1, 0.15) is 29.7 Å². The van der Waals surface area contributed by atoms with Gasteiger partial charge in [0.1, 0.15) is 11.6 Å². The first-order valence-corrected chi connectivity index (χ1v) is 7.23. The highest BCUT2D eigenvalue weighted by Gasteiger charge is 2.18. The average molecular weight is 285 g/mol. The summed E-state index contributed by atoms with van der Waals surface area (Å²) < 4.78 is 5.45. The summed E-state index contributed by atoms with van der Waals surface area (Å²) in [5.74, 6) is 1.50. The van der Waals surface area contributed by atoms with Gasteiger partial charge in [-0.25, -0.2) is 4.98 Å². The molecule has 1 unspecified atom stereocenters. The Hall–Kier alpha value is -2.07. The van der Waals surface area contributed by atoms with Crippen LogP contribution < -0.4 is 15.8 Å². The van der Waals surface area contributed by atoms with Crippen molar-refractivity contribution in [1.29, 1.82) is 0 Å². The number of hydrogen-bond donors (Lipinski definition) is 2. The summed E-state index contributed by atoms with van der Waals surface area (Å²) in [5.41, 5.74) is 9.49. The third-order valence-corrected chi connectivity index (χ3v) is 3.65. The third kappa shape index (κ3) is 3.52. The maximum Gasteiger partial charge on any atom is 0.128 e. The molecule has 0 amide bonds. The molecule has 0 aliphatic heterocycles. The van der Waals surface area contributed by atoms with E-state index in [9.17, 15) is 0 Å². The number of nitrogens with two attached hydrogens (primary N) is 1. The van der Waals surface area contributed by atoms with Crippen LogP contribution in [0, 0.1) is 6.92 Å². The van der Waals surface area contributed by atoms with Crippen LogP contribution in [0.2, 0.25) is 0 Å². The van der Waals surface area contributed by atoms with E-state index < -0.39 is 0 Å². The summed E-state index contributed by atoms with van der Waals surface area (Å²) in [6.45, 7) is 5.03. The van der Waals surface area contributed by atoms with Gasteiger partial charge in [-0.1, -0.05) is 25.1 Å². The summed E-state index contributed by atoms with van der Waals surface area (Å²) in [5, 5.41) is 3.50. The molecule has 2 rings (SSSR count). The first-order chi connectivity index (χ1) is 10.2. The number of benzene rings is 1. The number of anilines is 1. The zero-order valence-corrected chi connectivity index (χ0v) is 12.9. The minimum atomic E-state index is 0.125. The van der Waals surface area contributed by atoms with Gasteiger partial charge in [-0.2, -0.15) is 0 Å². The lowest BCUT2D eigenvalue weighted by Gasteiger charge is -2.22. The molecule has 0 fully saturated rings. The maximum absolute atomic E-state index is 6.09. The predicted octanol–water partition coefficient (Wildman–Crippen LogP) is 2.87. The van der Waals surface area contributed by atoms with E-state index in [1.807, 2.05) is 24.3 Å². The van der Waals surface area contributed by atoms with Crippen molar-refractivity contribution >= 4 is 5.82 Å². The number of nitrogens with zero attached hydrogens (tertiary/aromatic N) is 1. The number of hydrogen-bond acceptors (Lipinski definition) is 4. The normalized spacial score (nSPS) is 12.1. The van der Waals surface area contributed by atoms with Crippen molar-refractivity contribution in [2.45, 2.75) is 26.3 Å². The third-order valence-electron chi connectivity index (χ3n) is 3.65. The first kappa shape index (κ1) is 15.3. The van der Waals surface area contributed by atoms with Crippen LogP contribution >= 0.6 is 0 Å². The second-order valence-electron chi connectivity index (χ2n) is 5.05. The zero-order chi connectivity index (χ0) is 15.2. The van der Waals surface area contributed by atoms with Crippen LogP contribution in [-0.2, 0) is 6.42 Å². The van der Waals surface area contributed by atoms with Crippen molar-refractivity contribution in [1.82, 2.24) is 10.3 Å². The standard InChI is InChI=1S/C17H23N3O/c1-4-19-14(16-12(2)9-10-20-17(16)18)11-13-7-5-6-8-15(13)21-3/h5-10,14,19H,4,11H2,1-3H3,(H2,18,20). The van der Waals surface area contributed by atoms with Crippen LogP contribution in [0.5, 0.6) is 5.75 Å². The Morgan fingerprint density at radius 3 is 2.71 bits per heavy atom. The smallest absolute Gasteiger partial charge is 0.128 e. The molecule has 112 valence electrons. The fraction of sp³-hybridized carbons (Fsp3) is 0.353. The maximum atomic E-state index is 6.09. The number of aromatic nitrogens is 1. The van der Waals surface area contributed by atoms with Crippen molar-refractivity contribution in [2.75, 3.05) is 19.4 Å². The lowest BCUT2D eigenvalue weighted by atomic mass is 9.95. The van der Waals surface area contributed by atoms with Gasteiger partial charge in [0.05, 0.1) is 7.11 Å². The van der Waals surface area contributed by atoms with Crippen molar-refractivity contribution < 1.29 is 4.74 Å². The van der Waals surface area contributed by atoms with Crippen molar-refractivity contribution in [3.05, 3.63) is 53.2 Å². The van der Waals surface area contributed by atoms with Gasteiger partial charge in [0.25, 0.3) is 0 Å². The largest absolute Gasteiger partial charge is 0.496 e. The molecule has 4 nitrogen and oxygen atoms in total. The molecule has 2 aromatic rings. The molecule has 0 aliphatic carbocycles. The molecule has 1 aromatic heterocycles. The van der Waals surface area contributed by atoms with Gasteiger partial charge < -0.3 is 15.8 Å². The SMILES string of the molecule is CCNC(Cc1ccccc1OC)c1c(C)ccnc1N. The fourth-order valence-electron chi connectivity index (χ4n) is 2.66. The van der Waals surface area contributed by atoms with E-state index in [0.29, 0.717) is 5.82 Å². The predicted molar refractivity (Wildman–Crippen MR) is 86.5 cm³/mol. The molecule has 0 saturated carbocycles. The van der Waals surface area contributed by atoms with Crippen LogP contribution in [-0.4, -0.2) is 18.6 Å². The number of methoxy groups -OCH3 is 1. The number of likely N-dealkylation sites (N-methyl/N-ethyl adjacent to an activating group) is 1. The molecule has 3 N–H and O–H groups in total. The Bertz CT molecular complexity index is 578. The Balaban J connectivity index is 2.36. The van der Waals surface area contributed by atoms with Crippen LogP contribution in [0.15, 0.2) is 36.5 Å². The Morgan fingerprint density at radius 2 is 2.05 bits per heavy atom. The quantitative estimate of drug-likeness (QED) is 0.857. The highest BCUT2D eigenvalue weighted by molar-refractivity contribution is 5.47. The molecule has 0 saturated heterocycles. The van der Waals surface area contributed by atoms with E-state index in [4.69, 9.17) is 10.5 Å². The van der Waals surface area contributed by atoms with Crippen molar-refractivity contribution in [2.24, 2.45) is 0 Å². The number of ether oxygens (including phenoxy) is 1. The van der Waals surface area contributed by atoms with Gasteiger partial charge in [0.15, 0.2) is 0 Å². The molecule has 1 aromatic carbocycles. The van der Waals surface area contributed by atoms with E-state index in [1.165, 1.54) is 0 Å². The minimum absolute atomic E-state index is 0.125. The van der Waals surface area contributed by atoms with Crippen LogP contribution in [0.25, 0.3) is 0 Å². The summed E-state index contributed by atoms with van der Waals surface area (Å²) in [6, 6.07) is 10.2. The molecule has 1 heterocycles. The van der Waals surface area contributed by atoms with E-state index >= 15 is 0 Å². The average Bonchev–Trinajstić information content (AvgIpc) is 2.48. The minimum Gasteiger partial charge on any atom is -0.496 e. The summed E-state index contributed by atoms with van der Waals surface area (Å²) in [7, 11) is 1.70. The van der Waals surface area contributed by atoms with Crippen LogP contribution in [0.3, 0.4) is 0 Å². The number of nitrogens with one attached hydrogen (secondary N) is 1. The highest BCUT2D eigenvalue weighted by atomic mass is 16.5. The number of para-hydroxylation sites is 1. The van der Waals surface area contributed by atoms with Gasteiger partial charge >= 0.3 is 0 Å². The van der Waals surface area contributed by atoms with Crippen LogP contribution in [0.4, 0.5) is 5.82 Å².